The Kier molecular flexibility index (Phi) is 3.27. The SMILES string of the molecule is COCO[C@H]1CC[C@]2(O)[C@H](O)CCC[C@]12C. The van der Waals surface area contributed by atoms with Crippen LogP contribution in [0.5, 0.6) is 0 Å². The number of hydrogen-bond acceptors (Lipinski definition) is 4. The zero-order valence-corrected chi connectivity index (χ0v) is 10.1. The number of aliphatic hydroxyl groups excluding tert-OH is 1. The van der Waals surface area contributed by atoms with Gasteiger partial charge in [-0.1, -0.05) is 13.3 Å². The summed E-state index contributed by atoms with van der Waals surface area (Å²) in [6.45, 7) is 2.29. The second kappa shape index (κ2) is 4.26. The fourth-order valence-corrected chi connectivity index (χ4v) is 3.48. The molecule has 0 heterocycles. The van der Waals surface area contributed by atoms with E-state index in [1.54, 1.807) is 7.11 Å². The van der Waals surface area contributed by atoms with Gasteiger partial charge in [-0.25, -0.2) is 0 Å². The average molecular weight is 230 g/mol. The van der Waals surface area contributed by atoms with Crippen molar-refractivity contribution in [1.29, 1.82) is 0 Å². The summed E-state index contributed by atoms with van der Waals surface area (Å²) in [4.78, 5) is 0. The topological polar surface area (TPSA) is 58.9 Å². The quantitative estimate of drug-likeness (QED) is 0.712. The molecule has 0 spiro atoms. The van der Waals surface area contributed by atoms with Gasteiger partial charge in [-0.05, 0) is 25.7 Å². The van der Waals surface area contributed by atoms with Crippen molar-refractivity contribution in [1.82, 2.24) is 0 Å². The first-order chi connectivity index (χ1) is 7.54. The molecule has 0 aromatic carbocycles. The van der Waals surface area contributed by atoms with Gasteiger partial charge in [-0.3, -0.25) is 0 Å². The molecule has 2 aliphatic carbocycles. The Morgan fingerprint density at radius 1 is 1.31 bits per heavy atom. The molecule has 2 aliphatic rings. The Morgan fingerprint density at radius 3 is 2.75 bits per heavy atom. The van der Waals surface area contributed by atoms with Crippen LogP contribution in [0.25, 0.3) is 0 Å². The second-order valence-electron chi connectivity index (χ2n) is 5.35. The standard InChI is InChI=1S/C12H22O4/c1-11-6-3-4-9(13)12(11,14)7-5-10(11)16-8-15-2/h9-10,13-14H,3-8H2,1-2H3/t9-,10+,11-,12+/m1/s1. The lowest BCUT2D eigenvalue weighted by molar-refractivity contribution is -0.200. The molecule has 0 unspecified atom stereocenters. The predicted molar refractivity (Wildman–Crippen MR) is 58.9 cm³/mol. The van der Waals surface area contributed by atoms with Crippen molar-refractivity contribution >= 4 is 0 Å². The summed E-state index contributed by atoms with van der Waals surface area (Å²) in [6.07, 6.45) is 3.37. The smallest absolute Gasteiger partial charge is 0.146 e. The van der Waals surface area contributed by atoms with E-state index in [1.165, 1.54) is 0 Å². The van der Waals surface area contributed by atoms with Crippen molar-refractivity contribution in [3.05, 3.63) is 0 Å². The molecular formula is C12H22O4. The van der Waals surface area contributed by atoms with Gasteiger partial charge in [0.25, 0.3) is 0 Å². The third kappa shape index (κ3) is 1.59. The van der Waals surface area contributed by atoms with Crippen LogP contribution in [-0.4, -0.2) is 41.9 Å². The molecule has 0 aliphatic heterocycles. The van der Waals surface area contributed by atoms with Crippen LogP contribution in [0, 0.1) is 5.41 Å². The maximum Gasteiger partial charge on any atom is 0.146 e. The van der Waals surface area contributed by atoms with Gasteiger partial charge < -0.3 is 19.7 Å². The van der Waals surface area contributed by atoms with Crippen LogP contribution in [0.1, 0.15) is 39.0 Å². The zero-order valence-electron chi connectivity index (χ0n) is 10.1. The van der Waals surface area contributed by atoms with Crippen molar-refractivity contribution in [2.24, 2.45) is 5.41 Å². The lowest BCUT2D eigenvalue weighted by Crippen LogP contribution is -2.57. The maximum atomic E-state index is 10.6. The van der Waals surface area contributed by atoms with E-state index in [0.717, 1.165) is 19.3 Å². The Balaban J connectivity index is 2.16. The molecule has 2 saturated carbocycles. The van der Waals surface area contributed by atoms with E-state index in [2.05, 4.69) is 0 Å². The van der Waals surface area contributed by atoms with Crippen molar-refractivity contribution < 1.29 is 19.7 Å². The second-order valence-corrected chi connectivity index (χ2v) is 5.35. The third-order valence-electron chi connectivity index (χ3n) is 4.60. The van der Waals surface area contributed by atoms with Gasteiger partial charge in [0.1, 0.15) is 6.79 Å². The number of aliphatic hydroxyl groups is 2. The first kappa shape index (κ1) is 12.3. The van der Waals surface area contributed by atoms with Crippen molar-refractivity contribution in [2.75, 3.05) is 13.9 Å². The van der Waals surface area contributed by atoms with Crippen LogP contribution in [0.4, 0.5) is 0 Å². The van der Waals surface area contributed by atoms with Crippen LogP contribution in [0.2, 0.25) is 0 Å². The lowest BCUT2D eigenvalue weighted by atomic mass is 9.64. The monoisotopic (exact) mass is 230 g/mol. The number of ether oxygens (including phenoxy) is 2. The molecular weight excluding hydrogens is 208 g/mol. The molecule has 2 N–H and O–H groups in total. The van der Waals surface area contributed by atoms with Crippen LogP contribution in [-0.2, 0) is 9.47 Å². The fourth-order valence-electron chi connectivity index (χ4n) is 3.48. The molecule has 2 fully saturated rings. The van der Waals surface area contributed by atoms with Crippen LogP contribution < -0.4 is 0 Å². The predicted octanol–water partition coefficient (Wildman–Crippen LogP) is 1.05. The van der Waals surface area contributed by atoms with Crippen molar-refractivity contribution in [3.63, 3.8) is 0 Å². The first-order valence-corrected chi connectivity index (χ1v) is 6.05. The van der Waals surface area contributed by atoms with Gasteiger partial charge in [-0.15, -0.1) is 0 Å². The number of fused-ring (bicyclic) bond motifs is 1. The van der Waals surface area contributed by atoms with Gasteiger partial charge >= 0.3 is 0 Å². The van der Waals surface area contributed by atoms with E-state index in [9.17, 15) is 10.2 Å². The van der Waals surface area contributed by atoms with Gasteiger partial charge in [0.05, 0.1) is 17.8 Å². The molecule has 2 rings (SSSR count). The minimum atomic E-state index is -0.969. The van der Waals surface area contributed by atoms with E-state index in [-0.39, 0.29) is 18.3 Å². The Bertz CT molecular complexity index is 257. The summed E-state index contributed by atoms with van der Waals surface area (Å²) in [5.74, 6) is 0. The average Bonchev–Trinajstić information content (AvgIpc) is 2.51. The lowest BCUT2D eigenvalue weighted by Gasteiger charge is -2.48. The summed E-state index contributed by atoms with van der Waals surface area (Å²) in [5.41, 5.74) is -1.30. The summed E-state index contributed by atoms with van der Waals surface area (Å²) < 4.78 is 10.6. The molecule has 0 saturated heterocycles. The van der Waals surface area contributed by atoms with E-state index in [0.29, 0.717) is 12.8 Å². The molecule has 94 valence electrons. The van der Waals surface area contributed by atoms with Crippen LogP contribution in [0.15, 0.2) is 0 Å². The zero-order chi connectivity index (χ0) is 11.8. The first-order valence-electron chi connectivity index (χ1n) is 6.05. The van der Waals surface area contributed by atoms with Gasteiger partial charge in [0.15, 0.2) is 0 Å². The molecule has 16 heavy (non-hydrogen) atoms. The molecule has 0 aromatic rings. The van der Waals surface area contributed by atoms with Crippen molar-refractivity contribution in [2.45, 2.75) is 56.8 Å². The van der Waals surface area contributed by atoms with E-state index in [1.807, 2.05) is 6.92 Å². The summed E-state index contributed by atoms with van der Waals surface area (Å²) in [7, 11) is 1.60. The van der Waals surface area contributed by atoms with Crippen molar-refractivity contribution in [3.8, 4) is 0 Å². The normalized spacial score (nSPS) is 48.0. The third-order valence-corrected chi connectivity index (χ3v) is 4.60. The number of rotatable bonds is 3. The maximum absolute atomic E-state index is 10.6. The highest BCUT2D eigenvalue weighted by Gasteiger charge is 2.61. The van der Waals surface area contributed by atoms with E-state index >= 15 is 0 Å². The minimum Gasteiger partial charge on any atom is -0.390 e. The molecule has 4 heteroatoms. The largest absolute Gasteiger partial charge is 0.390 e. The van der Waals surface area contributed by atoms with Gasteiger partial charge in [-0.2, -0.15) is 0 Å². The van der Waals surface area contributed by atoms with Gasteiger partial charge in [0, 0.05) is 12.5 Å². The van der Waals surface area contributed by atoms with Gasteiger partial charge in [0.2, 0.25) is 0 Å². The fraction of sp³-hybridized carbons (Fsp3) is 1.00. The van der Waals surface area contributed by atoms with E-state index in [4.69, 9.17) is 9.47 Å². The Hall–Kier alpha value is -0.160. The molecule has 0 amide bonds. The Labute approximate surface area is 96.6 Å². The molecule has 0 aromatic heterocycles. The summed E-state index contributed by atoms with van der Waals surface area (Å²) in [6, 6.07) is 0. The molecule has 4 atom stereocenters. The number of methoxy groups -OCH3 is 1. The number of hydrogen-bond donors (Lipinski definition) is 2. The Morgan fingerprint density at radius 2 is 2.06 bits per heavy atom. The van der Waals surface area contributed by atoms with Crippen LogP contribution in [0.3, 0.4) is 0 Å². The summed E-state index contributed by atoms with van der Waals surface area (Å²) >= 11 is 0. The molecule has 0 bridgehead atoms. The minimum absolute atomic E-state index is 0.00704. The highest BCUT2D eigenvalue weighted by atomic mass is 16.7. The highest BCUT2D eigenvalue weighted by molar-refractivity contribution is 5.12. The summed E-state index contributed by atoms with van der Waals surface area (Å²) in [5, 5.41) is 20.6. The molecule has 4 nitrogen and oxygen atoms in total. The molecule has 0 radical (unpaired) electrons. The highest BCUT2D eigenvalue weighted by Crippen LogP contribution is 2.55. The van der Waals surface area contributed by atoms with E-state index < -0.39 is 11.7 Å². The van der Waals surface area contributed by atoms with Crippen LogP contribution >= 0.6 is 0 Å².